The Morgan fingerprint density at radius 3 is 2.33 bits per heavy atom. The second kappa shape index (κ2) is 2.44. The van der Waals surface area contributed by atoms with Crippen molar-refractivity contribution in [2.75, 3.05) is 19.6 Å². The second-order valence-corrected chi connectivity index (χ2v) is 5.28. The summed E-state index contributed by atoms with van der Waals surface area (Å²) in [6.07, 6.45) is 2.82. The van der Waals surface area contributed by atoms with E-state index in [1.807, 2.05) is 0 Å². The van der Waals surface area contributed by atoms with Gasteiger partial charge in [0.05, 0.1) is 0 Å². The first-order valence-electron chi connectivity index (χ1n) is 4.91. The first-order valence-corrected chi connectivity index (χ1v) is 4.91. The third kappa shape index (κ3) is 1.79. The summed E-state index contributed by atoms with van der Waals surface area (Å²) in [5.41, 5.74) is -0.369. The van der Waals surface area contributed by atoms with Gasteiger partial charge in [0.2, 0.25) is 0 Å². The summed E-state index contributed by atoms with van der Waals surface area (Å²) in [5, 5.41) is 0. The Kier molecular flexibility index (Phi) is 1.73. The van der Waals surface area contributed by atoms with E-state index < -0.39 is 5.67 Å². The molecule has 2 rings (SSSR count). The van der Waals surface area contributed by atoms with Crippen LogP contribution in [0.3, 0.4) is 0 Å². The molecule has 70 valence electrons. The molecule has 0 aromatic rings. The van der Waals surface area contributed by atoms with Gasteiger partial charge in [0.15, 0.2) is 0 Å². The van der Waals surface area contributed by atoms with Crippen molar-refractivity contribution in [1.29, 1.82) is 0 Å². The second-order valence-electron chi connectivity index (χ2n) is 5.28. The number of rotatable bonds is 2. The molecule has 0 aromatic carbocycles. The van der Waals surface area contributed by atoms with Crippen LogP contribution in [-0.2, 0) is 0 Å². The zero-order chi connectivity index (χ0) is 8.82. The summed E-state index contributed by atoms with van der Waals surface area (Å²) < 4.78 is 13.4. The maximum Gasteiger partial charge on any atom is 0.123 e. The Hall–Kier alpha value is -0.110. The Labute approximate surface area is 73.9 Å². The van der Waals surface area contributed by atoms with Crippen molar-refractivity contribution in [3.8, 4) is 0 Å². The van der Waals surface area contributed by atoms with Crippen LogP contribution in [0.5, 0.6) is 0 Å². The van der Waals surface area contributed by atoms with Crippen molar-refractivity contribution in [2.24, 2.45) is 5.41 Å². The van der Waals surface area contributed by atoms with E-state index in [2.05, 4.69) is 18.7 Å². The molecule has 0 unspecified atom stereocenters. The molecule has 1 saturated carbocycles. The van der Waals surface area contributed by atoms with Crippen LogP contribution in [0.4, 0.5) is 4.39 Å². The Bertz CT molecular complexity index is 184. The van der Waals surface area contributed by atoms with E-state index in [1.165, 1.54) is 6.42 Å². The van der Waals surface area contributed by atoms with Crippen LogP contribution in [0.2, 0.25) is 0 Å². The largest absolute Gasteiger partial charge is 0.300 e. The van der Waals surface area contributed by atoms with E-state index in [1.54, 1.807) is 0 Å². The molecule has 0 aromatic heterocycles. The van der Waals surface area contributed by atoms with E-state index in [-0.39, 0.29) is 0 Å². The summed E-state index contributed by atoms with van der Waals surface area (Å²) in [6, 6.07) is 0. The average Bonchev–Trinajstić information content (AvgIpc) is 2.53. The predicted molar refractivity (Wildman–Crippen MR) is 47.9 cm³/mol. The van der Waals surface area contributed by atoms with Crippen LogP contribution in [0, 0.1) is 5.41 Å². The normalized spacial score (nSPS) is 32.2. The van der Waals surface area contributed by atoms with Crippen LogP contribution in [0.25, 0.3) is 0 Å². The molecule has 1 nitrogen and oxygen atoms in total. The topological polar surface area (TPSA) is 3.24 Å². The highest BCUT2D eigenvalue weighted by atomic mass is 19.1. The SMILES string of the molecule is CC1(C)CCN(CC2(F)CC2)C1. The van der Waals surface area contributed by atoms with E-state index in [4.69, 9.17) is 0 Å². The standard InChI is InChI=1S/C10H18FN/c1-9(2)5-6-12(7-9)8-10(11)3-4-10/h3-8H2,1-2H3. The fourth-order valence-electron chi connectivity index (χ4n) is 2.05. The van der Waals surface area contributed by atoms with E-state index in [9.17, 15) is 4.39 Å². The lowest BCUT2D eigenvalue weighted by molar-refractivity contribution is 0.189. The summed E-state index contributed by atoms with van der Waals surface area (Å²) in [6.45, 7) is 7.41. The van der Waals surface area contributed by atoms with Crippen molar-refractivity contribution < 1.29 is 4.39 Å². The van der Waals surface area contributed by atoms with Gasteiger partial charge in [0, 0.05) is 13.1 Å². The molecule has 12 heavy (non-hydrogen) atoms. The fraction of sp³-hybridized carbons (Fsp3) is 1.00. The van der Waals surface area contributed by atoms with Crippen molar-refractivity contribution in [3.05, 3.63) is 0 Å². The molecule has 2 fully saturated rings. The number of halogens is 1. The quantitative estimate of drug-likeness (QED) is 0.615. The van der Waals surface area contributed by atoms with Crippen LogP contribution >= 0.6 is 0 Å². The molecule has 1 heterocycles. The molecule has 0 spiro atoms. The van der Waals surface area contributed by atoms with Gasteiger partial charge in [-0.3, -0.25) is 4.90 Å². The van der Waals surface area contributed by atoms with Crippen molar-refractivity contribution in [1.82, 2.24) is 4.90 Å². The smallest absolute Gasteiger partial charge is 0.123 e. The van der Waals surface area contributed by atoms with Crippen molar-refractivity contribution in [2.45, 2.75) is 38.8 Å². The van der Waals surface area contributed by atoms with Crippen LogP contribution < -0.4 is 0 Å². The Morgan fingerprint density at radius 1 is 1.25 bits per heavy atom. The molecule has 0 N–H and O–H groups in total. The van der Waals surface area contributed by atoms with Crippen molar-refractivity contribution >= 4 is 0 Å². The van der Waals surface area contributed by atoms with Gasteiger partial charge in [-0.05, 0) is 31.2 Å². The van der Waals surface area contributed by atoms with Gasteiger partial charge in [-0.2, -0.15) is 0 Å². The minimum atomic E-state index is -0.791. The third-order valence-electron chi connectivity index (χ3n) is 3.06. The fourth-order valence-corrected chi connectivity index (χ4v) is 2.05. The molecular formula is C10H18FN. The van der Waals surface area contributed by atoms with Gasteiger partial charge in [-0.15, -0.1) is 0 Å². The lowest BCUT2D eigenvalue weighted by Crippen LogP contribution is -2.30. The molecule has 1 aliphatic heterocycles. The lowest BCUT2D eigenvalue weighted by Gasteiger charge is -2.20. The van der Waals surface area contributed by atoms with Crippen LogP contribution in [0.1, 0.15) is 33.1 Å². The molecular weight excluding hydrogens is 153 g/mol. The number of hydrogen-bond acceptors (Lipinski definition) is 1. The van der Waals surface area contributed by atoms with Gasteiger partial charge >= 0.3 is 0 Å². The highest BCUT2D eigenvalue weighted by Gasteiger charge is 2.46. The summed E-state index contributed by atoms with van der Waals surface area (Å²) in [7, 11) is 0. The molecule has 0 bridgehead atoms. The summed E-state index contributed by atoms with van der Waals surface area (Å²) in [4.78, 5) is 2.28. The molecule has 1 saturated heterocycles. The Morgan fingerprint density at radius 2 is 1.92 bits per heavy atom. The average molecular weight is 171 g/mol. The Balaban J connectivity index is 1.84. The molecule has 0 radical (unpaired) electrons. The first kappa shape index (κ1) is 8.49. The van der Waals surface area contributed by atoms with Gasteiger partial charge in [0.1, 0.15) is 5.67 Å². The number of hydrogen-bond donors (Lipinski definition) is 0. The molecule has 2 heteroatoms. The summed E-state index contributed by atoms with van der Waals surface area (Å²) >= 11 is 0. The molecule has 0 amide bonds. The monoisotopic (exact) mass is 171 g/mol. The zero-order valence-electron chi connectivity index (χ0n) is 8.07. The highest BCUT2D eigenvalue weighted by molar-refractivity contribution is 4.98. The van der Waals surface area contributed by atoms with Crippen molar-refractivity contribution in [3.63, 3.8) is 0 Å². The maximum atomic E-state index is 13.4. The van der Waals surface area contributed by atoms with Gasteiger partial charge in [-0.1, -0.05) is 13.8 Å². The van der Waals surface area contributed by atoms with E-state index >= 15 is 0 Å². The molecule has 1 aliphatic carbocycles. The lowest BCUT2D eigenvalue weighted by atomic mass is 9.93. The maximum absolute atomic E-state index is 13.4. The van der Waals surface area contributed by atoms with Gasteiger partial charge in [0.25, 0.3) is 0 Å². The third-order valence-corrected chi connectivity index (χ3v) is 3.06. The number of nitrogens with zero attached hydrogens (tertiary/aromatic N) is 1. The van der Waals surface area contributed by atoms with Gasteiger partial charge in [-0.25, -0.2) is 4.39 Å². The van der Waals surface area contributed by atoms with E-state index in [0.717, 1.165) is 25.9 Å². The number of likely N-dealkylation sites (tertiary alicyclic amines) is 1. The van der Waals surface area contributed by atoms with Gasteiger partial charge < -0.3 is 0 Å². The molecule has 0 atom stereocenters. The minimum Gasteiger partial charge on any atom is -0.300 e. The highest BCUT2D eigenvalue weighted by Crippen LogP contribution is 2.42. The molecule has 2 aliphatic rings. The first-order chi connectivity index (χ1) is 5.49. The van der Waals surface area contributed by atoms with E-state index in [0.29, 0.717) is 12.0 Å². The summed E-state index contributed by atoms with van der Waals surface area (Å²) in [5.74, 6) is 0. The van der Waals surface area contributed by atoms with Crippen LogP contribution in [-0.4, -0.2) is 30.2 Å². The zero-order valence-corrected chi connectivity index (χ0v) is 8.07. The predicted octanol–water partition coefficient (Wildman–Crippen LogP) is 2.22. The number of alkyl halides is 1. The van der Waals surface area contributed by atoms with Crippen LogP contribution in [0.15, 0.2) is 0 Å². The minimum absolute atomic E-state index is 0.422.